The summed E-state index contributed by atoms with van der Waals surface area (Å²) >= 11 is 0. The summed E-state index contributed by atoms with van der Waals surface area (Å²) in [4.78, 5) is 15.0. The molecular formula is C37H37N7. The molecule has 2 aliphatic heterocycles. The summed E-state index contributed by atoms with van der Waals surface area (Å²) in [7, 11) is 4.14. The van der Waals surface area contributed by atoms with E-state index in [9.17, 15) is 0 Å². The Kier molecular flexibility index (Phi) is 7.22. The molecule has 2 aliphatic rings. The zero-order chi connectivity index (χ0) is 30.2. The van der Waals surface area contributed by atoms with Crippen molar-refractivity contribution in [1.29, 1.82) is 0 Å². The number of anilines is 3. The highest BCUT2D eigenvalue weighted by Gasteiger charge is 2.41. The molecule has 0 radical (unpaired) electrons. The number of hydrogen-bond acceptors (Lipinski definition) is 6. The first-order valence-corrected chi connectivity index (χ1v) is 15.4. The molecule has 0 saturated heterocycles. The standard InChI is InChI=1S/C37H37N7/c1-5-6-12-26-17-21-28(22-18-26)38-35-37-40-36-33(25(2)41-44(36)30-13-8-7-9-14-30)34(27-19-23-29(24-20-27)42(3)4)43(37)32-16-11-10-15-31(32)39-35/h7-11,13-24,34H,5-6,12H2,1-4H3,(H,38,39)/t34-/m0/s1. The predicted octanol–water partition coefficient (Wildman–Crippen LogP) is 8.38. The summed E-state index contributed by atoms with van der Waals surface area (Å²) in [6.07, 6.45) is 3.47. The van der Waals surface area contributed by atoms with E-state index in [0.29, 0.717) is 5.84 Å². The highest BCUT2D eigenvalue weighted by Crippen LogP contribution is 2.48. The van der Waals surface area contributed by atoms with Gasteiger partial charge < -0.3 is 15.1 Å². The van der Waals surface area contributed by atoms with E-state index in [1.165, 1.54) is 18.4 Å². The summed E-state index contributed by atoms with van der Waals surface area (Å²) in [5.74, 6) is 2.31. The van der Waals surface area contributed by atoms with Crippen LogP contribution in [0.5, 0.6) is 0 Å². The second-order valence-electron chi connectivity index (χ2n) is 11.6. The first-order chi connectivity index (χ1) is 21.5. The van der Waals surface area contributed by atoms with Crippen molar-refractivity contribution in [2.75, 3.05) is 29.2 Å². The number of fused-ring (bicyclic) bond motifs is 4. The van der Waals surface area contributed by atoms with Crippen LogP contribution in [0.3, 0.4) is 0 Å². The Hall–Kier alpha value is -5.17. The Morgan fingerprint density at radius 2 is 1.55 bits per heavy atom. The Bertz CT molecular complexity index is 1850. The van der Waals surface area contributed by atoms with Gasteiger partial charge in [-0.25, -0.2) is 14.7 Å². The van der Waals surface area contributed by atoms with Crippen molar-refractivity contribution in [3.63, 3.8) is 0 Å². The van der Waals surface area contributed by atoms with E-state index in [1.807, 2.05) is 28.9 Å². The molecule has 0 fully saturated rings. The fraction of sp³-hybridized carbons (Fsp3) is 0.216. The number of benzene rings is 4. The van der Waals surface area contributed by atoms with Crippen molar-refractivity contribution in [3.8, 4) is 5.69 Å². The summed E-state index contributed by atoms with van der Waals surface area (Å²) < 4.78 is 1.97. The van der Waals surface area contributed by atoms with Gasteiger partial charge in [0.1, 0.15) is 0 Å². The third kappa shape index (κ3) is 4.94. The number of aryl methyl sites for hydroxylation is 2. The van der Waals surface area contributed by atoms with Crippen molar-refractivity contribution in [2.24, 2.45) is 9.98 Å². The number of rotatable bonds is 7. The van der Waals surface area contributed by atoms with Crippen LogP contribution < -0.4 is 15.1 Å². The number of aromatic nitrogens is 2. The number of aliphatic imine (C=N–C) groups is 2. The van der Waals surface area contributed by atoms with E-state index >= 15 is 0 Å². The molecule has 1 N–H and O–H groups in total. The monoisotopic (exact) mass is 579 g/mol. The van der Waals surface area contributed by atoms with E-state index in [-0.39, 0.29) is 6.04 Å². The fourth-order valence-electron chi connectivity index (χ4n) is 6.09. The normalized spacial score (nSPS) is 15.1. The number of unbranched alkanes of at least 4 members (excludes halogenated alkanes) is 1. The minimum Gasteiger partial charge on any atom is -0.378 e. The molecule has 0 spiro atoms. The SMILES string of the molecule is CCCCc1ccc(NC2=Nc3ccccc3N3C2=Nc2c(c(C)nn2-c2ccccc2)[C@@H]3c2ccc(N(C)C)cc2)cc1. The molecule has 0 bridgehead atoms. The third-order valence-corrected chi connectivity index (χ3v) is 8.40. The van der Waals surface area contributed by atoms with E-state index in [1.54, 1.807) is 0 Å². The van der Waals surface area contributed by atoms with E-state index in [4.69, 9.17) is 15.1 Å². The molecule has 0 aliphatic carbocycles. The maximum absolute atomic E-state index is 5.36. The third-order valence-electron chi connectivity index (χ3n) is 8.40. The molecule has 1 aromatic heterocycles. The van der Waals surface area contributed by atoms with Crippen molar-refractivity contribution in [1.82, 2.24) is 9.78 Å². The van der Waals surface area contributed by atoms with Crippen molar-refractivity contribution in [3.05, 3.63) is 126 Å². The van der Waals surface area contributed by atoms with Gasteiger partial charge in [0, 0.05) is 31.0 Å². The molecule has 0 unspecified atom stereocenters. The van der Waals surface area contributed by atoms with E-state index in [2.05, 4.69) is 122 Å². The second kappa shape index (κ2) is 11.5. The molecule has 3 heterocycles. The Morgan fingerprint density at radius 3 is 2.27 bits per heavy atom. The maximum atomic E-state index is 5.36. The summed E-state index contributed by atoms with van der Waals surface area (Å²) in [5.41, 5.74) is 9.58. The Labute approximate surface area is 259 Å². The molecule has 0 amide bonds. The molecule has 1 atom stereocenters. The predicted molar refractivity (Wildman–Crippen MR) is 183 cm³/mol. The van der Waals surface area contributed by atoms with Gasteiger partial charge in [-0.15, -0.1) is 0 Å². The quantitative estimate of drug-likeness (QED) is 0.210. The number of amidine groups is 2. The molecule has 44 heavy (non-hydrogen) atoms. The van der Waals surface area contributed by atoms with Crippen LogP contribution in [0.25, 0.3) is 5.69 Å². The first-order valence-electron chi connectivity index (χ1n) is 15.4. The fourth-order valence-corrected chi connectivity index (χ4v) is 6.09. The summed E-state index contributed by atoms with van der Waals surface area (Å²) in [5, 5.41) is 8.69. The van der Waals surface area contributed by atoms with Crippen LogP contribution in [0.1, 0.15) is 48.2 Å². The average molecular weight is 580 g/mol. The van der Waals surface area contributed by atoms with Gasteiger partial charge in [-0.05, 0) is 79.4 Å². The highest BCUT2D eigenvalue weighted by atomic mass is 15.4. The largest absolute Gasteiger partial charge is 0.378 e. The number of hydrogen-bond donors (Lipinski definition) is 1. The van der Waals surface area contributed by atoms with Gasteiger partial charge in [0.15, 0.2) is 17.5 Å². The van der Waals surface area contributed by atoms with Gasteiger partial charge in [0.25, 0.3) is 0 Å². The zero-order valence-corrected chi connectivity index (χ0v) is 25.7. The van der Waals surface area contributed by atoms with Crippen molar-refractivity contribution >= 4 is 40.2 Å². The van der Waals surface area contributed by atoms with Crippen LogP contribution in [0, 0.1) is 6.92 Å². The molecule has 7 rings (SSSR count). The molecule has 220 valence electrons. The summed E-state index contributed by atoms with van der Waals surface area (Å²) in [6.45, 7) is 4.31. The van der Waals surface area contributed by atoms with Gasteiger partial charge in [-0.3, -0.25) is 0 Å². The first kappa shape index (κ1) is 27.7. The van der Waals surface area contributed by atoms with E-state index in [0.717, 1.165) is 63.3 Å². The molecule has 0 saturated carbocycles. The Balaban J connectivity index is 1.41. The van der Waals surface area contributed by atoms with Gasteiger partial charge in [-0.1, -0.05) is 67.9 Å². The van der Waals surface area contributed by atoms with Gasteiger partial charge in [0.2, 0.25) is 0 Å². The number of nitrogens with one attached hydrogen (secondary N) is 1. The zero-order valence-electron chi connectivity index (χ0n) is 25.7. The topological polar surface area (TPSA) is 61.1 Å². The summed E-state index contributed by atoms with van der Waals surface area (Å²) in [6, 6.07) is 35.9. The second-order valence-corrected chi connectivity index (χ2v) is 11.6. The lowest BCUT2D eigenvalue weighted by Crippen LogP contribution is -2.46. The van der Waals surface area contributed by atoms with Crippen LogP contribution in [-0.2, 0) is 6.42 Å². The van der Waals surface area contributed by atoms with Crippen LogP contribution in [-0.4, -0.2) is 35.5 Å². The van der Waals surface area contributed by atoms with Crippen LogP contribution in [0.15, 0.2) is 113 Å². The smallest absolute Gasteiger partial charge is 0.179 e. The van der Waals surface area contributed by atoms with Gasteiger partial charge in [0.05, 0.1) is 28.8 Å². The minimum atomic E-state index is -0.156. The van der Waals surface area contributed by atoms with Crippen molar-refractivity contribution < 1.29 is 0 Å². The molecule has 5 aromatic rings. The Morgan fingerprint density at radius 1 is 0.818 bits per heavy atom. The number of para-hydroxylation sites is 3. The van der Waals surface area contributed by atoms with Crippen LogP contribution in [0.2, 0.25) is 0 Å². The lowest BCUT2D eigenvalue weighted by Gasteiger charge is -2.40. The van der Waals surface area contributed by atoms with Crippen LogP contribution in [0.4, 0.5) is 28.6 Å². The molecule has 4 aromatic carbocycles. The molecular weight excluding hydrogens is 542 g/mol. The van der Waals surface area contributed by atoms with Gasteiger partial charge >= 0.3 is 0 Å². The minimum absolute atomic E-state index is 0.156. The van der Waals surface area contributed by atoms with Gasteiger partial charge in [-0.2, -0.15) is 5.10 Å². The lowest BCUT2D eigenvalue weighted by atomic mass is 9.93. The molecule has 7 nitrogen and oxygen atoms in total. The van der Waals surface area contributed by atoms with Crippen molar-refractivity contribution in [2.45, 2.75) is 39.2 Å². The maximum Gasteiger partial charge on any atom is 0.179 e. The van der Waals surface area contributed by atoms with Crippen LogP contribution >= 0.6 is 0 Å². The molecule has 7 heteroatoms. The van der Waals surface area contributed by atoms with E-state index < -0.39 is 0 Å². The number of nitrogens with zero attached hydrogens (tertiary/aromatic N) is 6. The average Bonchev–Trinajstić information content (AvgIpc) is 3.39. The highest BCUT2D eigenvalue weighted by molar-refractivity contribution is 6.51. The lowest BCUT2D eigenvalue weighted by molar-refractivity contribution is 0.795.